The van der Waals surface area contributed by atoms with E-state index >= 15 is 0 Å². The molecular weight excluding hydrogens is 308 g/mol. The van der Waals surface area contributed by atoms with E-state index in [-0.39, 0.29) is 11.3 Å². The Kier molecular flexibility index (Phi) is 3.06. The van der Waals surface area contributed by atoms with Crippen molar-refractivity contribution in [3.63, 3.8) is 0 Å². The molecule has 0 fully saturated rings. The average Bonchev–Trinajstić information content (AvgIpc) is 3.18. The minimum absolute atomic E-state index is 0.115. The molecular formula is C18H14N2O4. The molecule has 3 aromatic heterocycles. The topological polar surface area (TPSA) is 92.3 Å². The van der Waals surface area contributed by atoms with Gasteiger partial charge in [0.15, 0.2) is 0 Å². The summed E-state index contributed by atoms with van der Waals surface area (Å²) in [6.07, 6.45) is 3.11. The minimum atomic E-state index is -0.251. The molecule has 2 N–H and O–H groups in total. The summed E-state index contributed by atoms with van der Waals surface area (Å²) in [5.74, 6) is 0.672. The molecule has 0 aliphatic heterocycles. The lowest BCUT2D eigenvalue weighted by atomic mass is 9.93. The van der Waals surface area contributed by atoms with Gasteiger partial charge in [-0.25, -0.2) is 0 Å². The van der Waals surface area contributed by atoms with Crippen molar-refractivity contribution in [2.75, 3.05) is 0 Å². The van der Waals surface area contributed by atoms with E-state index in [9.17, 15) is 9.90 Å². The fourth-order valence-corrected chi connectivity index (χ4v) is 3.07. The lowest BCUT2D eigenvalue weighted by Gasteiger charge is -2.11. The van der Waals surface area contributed by atoms with Crippen LogP contribution in [0.5, 0.6) is 5.75 Å². The monoisotopic (exact) mass is 322 g/mol. The normalized spacial score (nSPS) is 11.2. The van der Waals surface area contributed by atoms with Crippen LogP contribution in [0.2, 0.25) is 0 Å². The van der Waals surface area contributed by atoms with Crippen molar-refractivity contribution in [2.24, 2.45) is 0 Å². The van der Waals surface area contributed by atoms with Gasteiger partial charge in [0, 0.05) is 22.0 Å². The summed E-state index contributed by atoms with van der Waals surface area (Å²) < 4.78 is 10.4. The number of nitrogens with zero attached hydrogens (tertiary/aromatic N) is 1. The molecule has 4 aromatic rings. The fourth-order valence-electron chi connectivity index (χ4n) is 3.07. The van der Waals surface area contributed by atoms with Crippen molar-refractivity contribution in [2.45, 2.75) is 13.8 Å². The number of fused-ring (bicyclic) bond motifs is 1. The third-order valence-corrected chi connectivity index (χ3v) is 4.09. The van der Waals surface area contributed by atoms with Crippen molar-refractivity contribution < 1.29 is 14.0 Å². The highest BCUT2D eigenvalue weighted by Crippen LogP contribution is 2.38. The number of aromatic hydroxyl groups is 1. The van der Waals surface area contributed by atoms with Crippen LogP contribution in [0.4, 0.5) is 0 Å². The van der Waals surface area contributed by atoms with Crippen LogP contribution < -0.4 is 5.56 Å². The van der Waals surface area contributed by atoms with Crippen LogP contribution in [0.25, 0.3) is 33.2 Å². The van der Waals surface area contributed by atoms with Gasteiger partial charge in [0.1, 0.15) is 11.5 Å². The highest BCUT2D eigenvalue weighted by molar-refractivity contribution is 6.02. The molecule has 0 spiro atoms. The molecule has 0 radical (unpaired) electrons. The lowest BCUT2D eigenvalue weighted by molar-refractivity contribution is 0.393. The molecule has 120 valence electrons. The first-order chi connectivity index (χ1) is 11.6. The number of benzene rings is 1. The average molecular weight is 322 g/mol. The first kappa shape index (κ1) is 14.3. The molecule has 24 heavy (non-hydrogen) atoms. The van der Waals surface area contributed by atoms with Gasteiger partial charge < -0.3 is 19.0 Å². The van der Waals surface area contributed by atoms with Crippen LogP contribution in [-0.2, 0) is 0 Å². The van der Waals surface area contributed by atoms with Crippen molar-refractivity contribution in [3.05, 3.63) is 58.6 Å². The predicted molar refractivity (Wildman–Crippen MR) is 88.9 cm³/mol. The Balaban J connectivity index is 2.23. The number of aromatic nitrogens is 2. The van der Waals surface area contributed by atoms with Crippen molar-refractivity contribution in [1.29, 1.82) is 0 Å². The van der Waals surface area contributed by atoms with Crippen LogP contribution in [0, 0.1) is 13.8 Å². The minimum Gasteiger partial charge on any atom is -0.508 e. The summed E-state index contributed by atoms with van der Waals surface area (Å²) in [7, 11) is 0. The second-order valence-electron chi connectivity index (χ2n) is 5.65. The second kappa shape index (κ2) is 5.13. The second-order valence-corrected chi connectivity index (χ2v) is 5.65. The number of aryl methyl sites for hydroxylation is 2. The van der Waals surface area contributed by atoms with Gasteiger partial charge in [0.25, 0.3) is 5.56 Å². The maximum atomic E-state index is 12.8. The zero-order valence-corrected chi connectivity index (χ0v) is 13.1. The smallest absolute Gasteiger partial charge is 0.257 e. The van der Waals surface area contributed by atoms with Crippen LogP contribution in [0.15, 0.2) is 50.5 Å². The zero-order chi connectivity index (χ0) is 16.8. The number of rotatable bonds is 2. The van der Waals surface area contributed by atoms with Gasteiger partial charge in [-0.05, 0) is 38.1 Å². The first-order valence-electron chi connectivity index (χ1n) is 7.41. The maximum absolute atomic E-state index is 12.8. The number of hydrogen-bond donors (Lipinski definition) is 2. The molecule has 1 aromatic carbocycles. The van der Waals surface area contributed by atoms with E-state index in [4.69, 9.17) is 8.94 Å². The molecule has 0 atom stereocenters. The van der Waals surface area contributed by atoms with E-state index in [0.717, 1.165) is 5.56 Å². The molecule has 0 amide bonds. The summed E-state index contributed by atoms with van der Waals surface area (Å²) in [4.78, 5) is 15.7. The van der Waals surface area contributed by atoms with Crippen molar-refractivity contribution >= 4 is 10.9 Å². The molecule has 4 rings (SSSR count). The molecule has 6 heteroatoms. The zero-order valence-electron chi connectivity index (χ0n) is 13.1. The number of H-pyrrole nitrogens is 1. The predicted octanol–water partition coefficient (Wildman–Crippen LogP) is 3.77. The number of hydrogen-bond acceptors (Lipinski definition) is 5. The maximum Gasteiger partial charge on any atom is 0.257 e. The van der Waals surface area contributed by atoms with Gasteiger partial charge in [0.05, 0.1) is 29.3 Å². The van der Waals surface area contributed by atoms with Gasteiger partial charge in [-0.3, -0.25) is 4.79 Å². The number of aromatic amines is 1. The Morgan fingerprint density at radius 2 is 1.96 bits per heavy atom. The van der Waals surface area contributed by atoms with E-state index in [1.54, 1.807) is 44.6 Å². The van der Waals surface area contributed by atoms with E-state index in [0.29, 0.717) is 39.0 Å². The SMILES string of the molecule is Cc1noc(C)c1-c1c(-c2ccoc2)c2cc(O)ccc2[nH]c1=O. The Morgan fingerprint density at radius 3 is 2.62 bits per heavy atom. The number of pyridine rings is 1. The van der Waals surface area contributed by atoms with Crippen molar-refractivity contribution in [3.8, 4) is 28.0 Å². The third-order valence-electron chi connectivity index (χ3n) is 4.09. The first-order valence-corrected chi connectivity index (χ1v) is 7.41. The Labute approximate surface area is 136 Å². The summed E-state index contributed by atoms with van der Waals surface area (Å²) >= 11 is 0. The summed E-state index contributed by atoms with van der Waals surface area (Å²) in [6.45, 7) is 3.55. The molecule has 0 unspecified atom stereocenters. The number of furan rings is 1. The van der Waals surface area contributed by atoms with Gasteiger partial charge in [0.2, 0.25) is 0 Å². The highest BCUT2D eigenvalue weighted by Gasteiger charge is 2.22. The summed E-state index contributed by atoms with van der Waals surface area (Å²) in [5.41, 5.74) is 3.52. The molecule has 0 aliphatic carbocycles. The Morgan fingerprint density at radius 1 is 1.12 bits per heavy atom. The molecule has 0 saturated carbocycles. The van der Waals surface area contributed by atoms with Gasteiger partial charge >= 0.3 is 0 Å². The standard InChI is InChI=1S/C18H14N2O4/c1-9-15(10(2)24-20-9)17-16(11-5-6-23-8-11)13-7-12(21)3-4-14(13)19-18(17)22/h3-8,21H,1-2H3,(H,19,22). The van der Waals surface area contributed by atoms with Crippen LogP contribution in [0.3, 0.4) is 0 Å². The quantitative estimate of drug-likeness (QED) is 0.586. The number of phenolic OH excluding ortho intramolecular Hbond substituents is 1. The van der Waals surface area contributed by atoms with Gasteiger partial charge in [-0.2, -0.15) is 0 Å². The van der Waals surface area contributed by atoms with Gasteiger partial charge in [-0.1, -0.05) is 5.16 Å². The number of nitrogens with one attached hydrogen (secondary N) is 1. The van der Waals surface area contributed by atoms with E-state index < -0.39 is 0 Å². The van der Waals surface area contributed by atoms with Crippen LogP contribution in [-0.4, -0.2) is 15.2 Å². The highest BCUT2D eigenvalue weighted by atomic mass is 16.5. The van der Waals surface area contributed by atoms with E-state index in [1.165, 1.54) is 6.07 Å². The lowest BCUT2D eigenvalue weighted by Crippen LogP contribution is -2.12. The summed E-state index contributed by atoms with van der Waals surface area (Å²) in [6, 6.07) is 6.61. The molecule has 6 nitrogen and oxygen atoms in total. The molecule has 3 heterocycles. The largest absolute Gasteiger partial charge is 0.508 e. The van der Waals surface area contributed by atoms with E-state index in [1.807, 2.05) is 0 Å². The molecule has 0 bridgehead atoms. The third kappa shape index (κ3) is 2.04. The van der Waals surface area contributed by atoms with Gasteiger partial charge in [-0.15, -0.1) is 0 Å². The number of phenols is 1. The Bertz CT molecular complexity index is 1080. The Hall–Kier alpha value is -3.28. The molecule has 0 saturated heterocycles. The summed E-state index contributed by atoms with van der Waals surface area (Å²) in [5, 5.41) is 14.6. The fraction of sp³-hybridized carbons (Fsp3) is 0.111. The van der Waals surface area contributed by atoms with E-state index in [2.05, 4.69) is 10.1 Å². The van der Waals surface area contributed by atoms with Crippen LogP contribution >= 0.6 is 0 Å². The molecule has 0 aliphatic rings. The van der Waals surface area contributed by atoms with Crippen molar-refractivity contribution in [1.82, 2.24) is 10.1 Å². The van der Waals surface area contributed by atoms with Crippen LogP contribution in [0.1, 0.15) is 11.5 Å².